The van der Waals surface area contributed by atoms with E-state index in [1.54, 1.807) is 0 Å². The quantitative estimate of drug-likeness (QED) is 0.597. The summed E-state index contributed by atoms with van der Waals surface area (Å²) in [5, 5.41) is 0. The van der Waals surface area contributed by atoms with Crippen molar-refractivity contribution in [2.75, 3.05) is 49.4 Å². The largest absolute Gasteiger partial charge is 0.376 e. The van der Waals surface area contributed by atoms with E-state index in [4.69, 9.17) is 9.47 Å². The third-order valence-corrected chi connectivity index (χ3v) is 3.88. The number of hydrogen-bond acceptors (Lipinski definition) is 4. The van der Waals surface area contributed by atoms with Crippen LogP contribution in [0, 0.1) is 0 Å². The smallest absolute Gasteiger partial charge is 0.0696 e. The molecule has 1 aliphatic rings. The Bertz CT molecular complexity index is 146. The maximum atomic E-state index is 5.45. The van der Waals surface area contributed by atoms with Gasteiger partial charge in [-0.05, 0) is 5.57 Å². The second-order valence-electron chi connectivity index (χ2n) is 3.08. The molecular weight excluding hydrogens is 216 g/mol. The molecule has 2 nitrogen and oxygen atoms in total. The summed E-state index contributed by atoms with van der Waals surface area (Å²) in [6.45, 7) is 6.85. The van der Waals surface area contributed by atoms with E-state index < -0.39 is 0 Å². The van der Waals surface area contributed by atoms with Crippen LogP contribution in [0.1, 0.15) is 0 Å². The Kier molecular flexibility index (Phi) is 7.68. The van der Waals surface area contributed by atoms with Gasteiger partial charge in [-0.2, -0.15) is 23.5 Å². The Balaban J connectivity index is 2.15. The van der Waals surface area contributed by atoms with E-state index >= 15 is 0 Å². The molecule has 14 heavy (non-hydrogen) atoms. The predicted molar refractivity (Wildman–Crippen MR) is 65.4 cm³/mol. The van der Waals surface area contributed by atoms with Crippen LogP contribution in [0.15, 0.2) is 12.2 Å². The molecule has 0 saturated carbocycles. The molecule has 82 valence electrons. The molecule has 0 amide bonds. The molecule has 0 N–H and O–H groups in total. The fourth-order valence-corrected chi connectivity index (χ4v) is 2.85. The van der Waals surface area contributed by atoms with Crippen LogP contribution in [0.5, 0.6) is 0 Å². The minimum absolute atomic E-state index is 0.647. The van der Waals surface area contributed by atoms with Gasteiger partial charge in [0.1, 0.15) is 0 Å². The molecule has 0 aromatic rings. The molecule has 0 aromatic carbocycles. The van der Waals surface area contributed by atoms with Crippen LogP contribution in [0.2, 0.25) is 0 Å². The molecule has 1 heterocycles. The van der Waals surface area contributed by atoms with Gasteiger partial charge in [-0.3, -0.25) is 0 Å². The summed E-state index contributed by atoms with van der Waals surface area (Å²) >= 11 is 3.92. The molecule has 1 rings (SSSR count). The Labute approximate surface area is 94.8 Å². The minimum Gasteiger partial charge on any atom is -0.376 e. The summed E-state index contributed by atoms with van der Waals surface area (Å²) in [4.78, 5) is 0. The second-order valence-corrected chi connectivity index (χ2v) is 5.53. The van der Waals surface area contributed by atoms with Gasteiger partial charge in [-0.15, -0.1) is 0 Å². The van der Waals surface area contributed by atoms with E-state index in [2.05, 4.69) is 6.58 Å². The molecule has 0 atom stereocenters. The van der Waals surface area contributed by atoms with Crippen molar-refractivity contribution in [3.8, 4) is 0 Å². The predicted octanol–water partition coefficient (Wildman–Crippen LogP) is 2.06. The summed E-state index contributed by atoms with van der Waals surface area (Å²) in [6, 6.07) is 0. The van der Waals surface area contributed by atoms with Crippen LogP contribution in [0.4, 0.5) is 0 Å². The third-order valence-electron chi connectivity index (χ3n) is 1.73. The van der Waals surface area contributed by atoms with Crippen LogP contribution >= 0.6 is 23.5 Å². The highest BCUT2D eigenvalue weighted by Crippen LogP contribution is 2.08. The van der Waals surface area contributed by atoms with Crippen LogP contribution in [-0.2, 0) is 9.47 Å². The third kappa shape index (κ3) is 6.76. The van der Waals surface area contributed by atoms with Crippen molar-refractivity contribution < 1.29 is 9.47 Å². The zero-order valence-electron chi connectivity index (χ0n) is 8.50. The zero-order chi connectivity index (χ0) is 10.1. The van der Waals surface area contributed by atoms with Gasteiger partial charge in [0.25, 0.3) is 0 Å². The highest BCUT2D eigenvalue weighted by molar-refractivity contribution is 8.02. The fraction of sp³-hybridized carbons (Fsp3) is 0.800. The van der Waals surface area contributed by atoms with Gasteiger partial charge in [0, 0.05) is 23.0 Å². The van der Waals surface area contributed by atoms with Crippen LogP contribution in [0.3, 0.4) is 0 Å². The lowest BCUT2D eigenvalue weighted by Crippen LogP contribution is -2.07. The molecule has 1 aliphatic heterocycles. The molecule has 0 unspecified atom stereocenters. The lowest BCUT2D eigenvalue weighted by molar-refractivity contribution is 0.135. The average Bonchev–Trinajstić information content (AvgIpc) is 2.20. The Morgan fingerprint density at radius 1 is 0.857 bits per heavy atom. The van der Waals surface area contributed by atoms with Crippen molar-refractivity contribution >= 4 is 23.5 Å². The molecule has 0 aliphatic carbocycles. The Morgan fingerprint density at radius 3 is 1.86 bits per heavy atom. The first-order valence-electron chi connectivity index (χ1n) is 4.87. The number of thioether (sulfide) groups is 2. The topological polar surface area (TPSA) is 18.5 Å². The van der Waals surface area contributed by atoms with Gasteiger partial charge in [0.15, 0.2) is 0 Å². The zero-order valence-corrected chi connectivity index (χ0v) is 10.1. The van der Waals surface area contributed by atoms with E-state index in [9.17, 15) is 0 Å². The Hall–Kier alpha value is 0.360. The number of ether oxygens (including phenoxy) is 2. The van der Waals surface area contributed by atoms with Crippen LogP contribution in [-0.4, -0.2) is 49.4 Å². The van der Waals surface area contributed by atoms with E-state index in [0.29, 0.717) is 13.2 Å². The maximum absolute atomic E-state index is 5.45. The number of rotatable bonds is 0. The second kappa shape index (κ2) is 8.65. The molecule has 0 aromatic heterocycles. The average molecular weight is 234 g/mol. The normalized spacial score (nSPS) is 23.3. The van der Waals surface area contributed by atoms with E-state index in [1.807, 2.05) is 23.5 Å². The molecule has 1 saturated heterocycles. The van der Waals surface area contributed by atoms with Crippen molar-refractivity contribution in [3.05, 3.63) is 12.2 Å². The first kappa shape index (κ1) is 12.4. The van der Waals surface area contributed by atoms with Gasteiger partial charge >= 0.3 is 0 Å². The molecule has 0 radical (unpaired) electrons. The van der Waals surface area contributed by atoms with Crippen molar-refractivity contribution in [1.82, 2.24) is 0 Å². The molecule has 0 bridgehead atoms. The monoisotopic (exact) mass is 234 g/mol. The van der Waals surface area contributed by atoms with E-state index in [1.165, 1.54) is 11.5 Å². The molecule has 4 heteroatoms. The van der Waals surface area contributed by atoms with Crippen molar-refractivity contribution in [3.63, 3.8) is 0 Å². The molecular formula is C10H18O2S2. The van der Waals surface area contributed by atoms with Gasteiger partial charge < -0.3 is 9.47 Å². The highest BCUT2D eigenvalue weighted by atomic mass is 32.2. The van der Waals surface area contributed by atoms with Crippen molar-refractivity contribution in [1.29, 1.82) is 0 Å². The van der Waals surface area contributed by atoms with E-state index in [-0.39, 0.29) is 0 Å². The lowest BCUT2D eigenvalue weighted by atomic mass is 10.3. The van der Waals surface area contributed by atoms with Gasteiger partial charge in [0.05, 0.1) is 26.4 Å². The molecule has 0 spiro atoms. The van der Waals surface area contributed by atoms with Crippen molar-refractivity contribution in [2.45, 2.75) is 0 Å². The van der Waals surface area contributed by atoms with Crippen molar-refractivity contribution in [2.24, 2.45) is 0 Å². The Morgan fingerprint density at radius 2 is 1.36 bits per heavy atom. The summed E-state index contributed by atoms with van der Waals surface area (Å²) in [5.74, 6) is 4.62. The summed E-state index contributed by atoms with van der Waals surface area (Å²) in [7, 11) is 0. The van der Waals surface area contributed by atoms with Gasteiger partial charge in [0.2, 0.25) is 0 Å². The standard InChI is InChI=1S/C10H18O2S2/c1-10-8-11-2-4-13-6-7-14-5-3-12-9-10/h1-9H2. The number of hydrogen-bond donors (Lipinski definition) is 0. The summed E-state index contributed by atoms with van der Waals surface area (Å²) in [6.07, 6.45) is 0. The lowest BCUT2D eigenvalue weighted by Gasteiger charge is -2.06. The highest BCUT2D eigenvalue weighted by Gasteiger charge is 1.98. The van der Waals surface area contributed by atoms with Gasteiger partial charge in [-0.1, -0.05) is 6.58 Å². The first-order valence-corrected chi connectivity index (χ1v) is 7.18. The fourth-order valence-electron chi connectivity index (χ4n) is 1.03. The summed E-state index contributed by atoms with van der Waals surface area (Å²) in [5.41, 5.74) is 1.04. The SMILES string of the molecule is C=C1COCCSCCSCCOC1. The van der Waals surface area contributed by atoms with Crippen LogP contribution in [0.25, 0.3) is 0 Å². The minimum atomic E-state index is 0.647. The summed E-state index contributed by atoms with van der Waals surface area (Å²) < 4.78 is 10.9. The van der Waals surface area contributed by atoms with E-state index in [0.717, 1.165) is 30.3 Å². The molecule has 1 fully saturated rings. The van der Waals surface area contributed by atoms with Crippen LogP contribution < -0.4 is 0 Å². The first-order chi connectivity index (χ1) is 6.89. The van der Waals surface area contributed by atoms with Gasteiger partial charge in [-0.25, -0.2) is 0 Å². The maximum Gasteiger partial charge on any atom is 0.0696 e.